The molecule has 0 fully saturated rings. The lowest BCUT2D eigenvalue weighted by Crippen LogP contribution is -1.91. The Balaban J connectivity index is 2.44. The molecule has 0 aliphatic carbocycles. The Bertz CT molecular complexity index is 510. The Hall–Kier alpha value is -2.24. The second-order valence-corrected chi connectivity index (χ2v) is 2.81. The van der Waals surface area contributed by atoms with E-state index in [0.29, 0.717) is 11.8 Å². The van der Waals surface area contributed by atoms with E-state index in [0.717, 1.165) is 0 Å². The first-order chi connectivity index (χ1) is 7.20. The highest BCUT2D eigenvalue weighted by Gasteiger charge is 2.09. The molecule has 1 aromatic carbocycles. The van der Waals surface area contributed by atoms with Crippen molar-refractivity contribution in [1.82, 2.24) is 10.1 Å². The van der Waals surface area contributed by atoms with Gasteiger partial charge in [-0.1, -0.05) is 5.16 Å². The van der Waals surface area contributed by atoms with Crippen molar-refractivity contribution in [2.45, 2.75) is 0 Å². The van der Waals surface area contributed by atoms with Gasteiger partial charge in [-0.05, 0) is 18.2 Å². The normalized spacial score (nSPS) is 10.2. The van der Waals surface area contributed by atoms with Gasteiger partial charge in [0.15, 0.2) is 0 Å². The zero-order valence-corrected chi connectivity index (χ0v) is 7.48. The zero-order valence-electron chi connectivity index (χ0n) is 7.48. The van der Waals surface area contributed by atoms with Gasteiger partial charge in [0.1, 0.15) is 5.82 Å². The standard InChI is InChI=1S/C9H6FN3O2/c10-6-2-1-5(3-7(6)11)9-12-8(4-14)15-13-9/h1-4H,11H2. The summed E-state index contributed by atoms with van der Waals surface area (Å²) in [4.78, 5) is 14.0. The Morgan fingerprint density at radius 1 is 1.47 bits per heavy atom. The average molecular weight is 207 g/mol. The van der Waals surface area contributed by atoms with E-state index in [4.69, 9.17) is 5.73 Å². The molecule has 2 aromatic rings. The molecular weight excluding hydrogens is 201 g/mol. The van der Waals surface area contributed by atoms with Crippen molar-refractivity contribution in [3.63, 3.8) is 0 Å². The topological polar surface area (TPSA) is 82.0 Å². The number of halogens is 1. The van der Waals surface area contributed by atoms with Gasteiger partial charge >= 0.3 is 0 Å². The number of nitrogens with zero attached hydrogens (tertiary/aromatic N) is 2. The quantitative estimate of drug-likeness (QED) is 0.592. The molecule has 1 heterocycles. The third kappa shape index (κ3) is 1.69. The van der Waals surface area contributed by atoms with Crippen molar-refractivity contribution >= 4 is 12.0 Å². The third-order valence-corrected chi connectivity index (χ3v) is 1.80. The minimum absolute atomic E-state index is 0.00930. The van der Waals surface area contributed by atoms with Gasteiger partial charge in [-0.25, -0.2) is 4.39 Å². The van der Waals surface area contributed by atoms with Crippen LogP contribution in [0.2, 0.25) is 0 Å². The fourth-order valence-corrected chi connectivity index (χ4v) is 1.08. The molecule has 5 nitrogen and oxygen atoms in total. The maximum atomic E-state index is 12.8. The third-order valence-electron chi connectivity index (χ3n) is 1.80. The molecule has 0 radical (unpaired) electrons. The highest BCUT2D eigenvalue weighted by molar-refractivity contribution is 5.69. The van der Waals surface area contributed by atoms with Crippen molar-refractivity contribution in [3.05, 3.63) is 29.9 Å². The van der Waals surface area contributed by atoms with Crippen LogP contribution in [0.5, 0.6) is 0 Å². The summed E-state index contributed by atoms with van der Waals surface area (Å²) < 4.78 is 17.4. The predicted octanol–water partition coefficient (Wildman–Crippen LogP) is 1.27. The molecule has 0 aliphatic rings. The number of aldehydes is 1. The lowest BCUT2D eigenvalue weighted by atomic mass is 10.2. The highest BCUT2D eigenvalue weighted by atomic mass is 19.1. The van der Waals surface area contributed by atoms with Crippen LogP contribution >= 0.6 is 0 Å². The molecule has 1 aromatic heterocycles. The molecule has 0 atom stereocenters. The van der Waals surface area contributed by atoms with Crippen LogP contribution in [0.15, 0.2) is 22.7 Å². The van der Waals surface area contributed by atoms with Crippen LogP contribution in [0.25, 0.3) is 11.4 Å². The Morgan fingerprint density at radius 2 is 2.27 bits per heavy atom. The van der Waals surface area contributed by atoms with Gasteiger partial charge in [0.25, 0.3) is 5.89 Å². The minimum atomic E-state index is -0.516. The van der Waals surface area contributed by atoms with Crippen molar-refractivity contribution in [2.24, 2.45) is 0 Å². The van der Waals surface area contributed by atoms with Gasteiger partial charge in [-0.15, -0.1) is 0 Å². The summed E-state index contributed by atoms with van der Waals surface area (Å²) in [5.74, 6) is -0.449. The van der Waals surface area contributed by atoms with Crippen LogP contribution < -0.4 is 5.73 Å². The molecular formula is C9H6FN3O2. The van der Waals surface area contributed by atoms with Crippen LogP contribution in [0, 0.1) is 5.82 Å². The number of hydrogen-bond donors (Lipinski definition) is 1. The molecule has 0 amide bonds. The van der Waals surface area contributed by atoms with E-state index in [1.807, 2.05) is 0 Å². The molecule has 2 N–H and O–H groups in total. The van der Waals surface area contributed by atoms with Gasteiger partial charge in [-0.3, -0.25) is 4.79 Å². The Morgan fingerprint density at radius 3 is 2.87 bits per heavy atom. The first kappa shape index (κ1) is 9.32. The summed E-state index contributed by atoms with van der Waals surface area (Å²) in [6.07, 6.45) is 0.434. The molecule has 0 bridgehead atoms. The summed E-state index contributed by atoms with van der Waals surface area (Å²) in [5, 5.41) is 3.53. The molecule has 0 saturated heterocycles. The van der Waals surface area contributed by atoms with Crippen molar-refractivity contribution < 1.29 is 13.7 Å². The second-order valence-electron chi connectivity index (χ2n) is 2.81. The number of hydrogen-bond acceptors (Lipinski definition) is 5. The molecule has 76 valence electrons. The van der Waals surface area contributed by atoms with E-state index >= 15 is 0 Å². The molecule has 0 unspecified atom stereocenters. The molecule has 2 rings (SSSR count). The monoisotopic (exact) mass is 207 g/mol. The summed E-state index contributed by atoms with van der Waals surface area (Å²) in [5.41, 5.74) is 5.85. The number of benzene rings is 1. The molecule has 0 saturated carbocycles. The summed E-state index contributed by atoms with van der Waals surface area (Å²) in [6, 6.07) is 4.02. The van der Waals surface area contributed by atoms with E-state index in [1.165, 1.54) is 18.2 Å². The smallest absolute Gasteiger partial charge is 0.291 e. The number of aromatic nitrogens is 2. The fourth-order valence-electron chi connectivity index (χ4n) is 1.08. The Kier molecular flexibility index (Phi) is 2.17. The maximum Gasteiger partial charge on any atom is 0.291 e. The van der Waals surface area contributed by atoms with Gasteiger partial charge in [0.2, 0.25) is 12.1 Å². The van der Waals surface area contributed by atoms with E-state index in [9.17, 15) is 9.18 Å². The van der Waals surface area contributed by atoms with Gasteiger partial charge in [0, 0.05) is 5.56 Å². The molecule has 0 spiro atoms. The predicted molar refractivity (Wildman–Crippen MR) is 49.5 cm³/mol. The summed E-state index contributed by atoms with van der Waals surface area (Å²) in [6.45, 7) is 0. The second kappa shape index (κ2) is 3.49. The van der Waals surface area contributed by atoms with E-state index in [1.54, 1.807) is 0 Å². The zero-order chi connectivity index (χ0) is 10.8. The average Bonchev–Trinajstić information content (AvgIpc) is 2.70. The van der Waals surface area contributed by atoms with E-state index in [2.05, 4.69) is 14.7 Å². The van der Waals surface area contributed by atoms with Crippen molar-refractivity contribution in [2.75, 3.05) is 5.73 Å². The largest absolute Gasteiger partial charge is 0.396 e. The highest BCUT2D eigenvalue weighted by Crippen LogP contribution is 2.20. The lowest BCUT2D eigenvalue weighted by molar-refractivity contribution is 0.108. The SMILES string of the molecule is Nc1cc(-c2noc(C=O)n2)ccc1F. The number of nitrogen functional groups attached to an aromatic ring is 1. The van der Waals surface area contributed by atoms with Crippen LogP contribution in [0.3, 0.4) is 0 Å². The summed E-state index contributed by atoms with van der Waals surface area (Å²) >= 11 is 0. The van der Waals surface area contributed by atoms with E-state index in [-0.39, 0.29) is 17.4 Å². The Labute approximate surface area is 83.7 Å². The first-order valence-electron chi connectivity index (χ1n) is 4.05. The van der Waals surface area contributed by atoms with Gasteiger partial charge < -0.3 is 10.3 Å². The summed E-state index contributed by atoms with van der Waals surface area (Å²) in [7, 11) is 0. The van der Waals surface area contributed by atoms with Crippen molar-refractivity contribution in [1.29, 1.82) is 0 Å². The van der Waals surface area contributed by atoms with Crippen LogP contribution in [-0.4, -0.2) is 16.4 Å². The minimum Gasteiger partial charge on any atom is -0.396 e. The van der Waals surface area contributed by atoms with Crippen LogP contribution in [0.1, 0.15) is 10.7 Å². The van der Waals surface area contributed by atoms with Gasteiger partial charge in [0.05, 0.1) is 5.69 Å². The number of carbonyl (C=O) groups is 1. The van der Waals surface area contributed by atoms with Gasteiger partial charge in [-0.2, -0.15) is 4.98 Å². The van der Waals surface area contributed by atoms with Crippen LogP contribution in [-0.2, 0) is 0 Å². The molecule has 15 heavy (non-hydrogen) atoms. The molecule has 0 aliphatic heterocycles. The molecule has 6 heteroatoms. The first-order valence-corrected chi connectivity index (χ1v) is 4.05. The number of anilines is 1. The van der Waals surface area contributed by atoms with E-state index < -0.39 is 5.82 Å². The maximum absolute atomic E-state index is 12.8. The fraction of sp³-hybridized carbons (Fsp3) is 0. The number of rotatable bonds is 2. The van der Waals surface area contributed by atoms with Crippen LogP contribution in [0.4, 0.5) is 10.1 Å². The lowest BCUT2D eigenvalue weighted by Gasteiger charge is -1.97. The van der Waals surface area contributed by atoms with Crippen molar-refractivity contribution in [3.8, 4) is 11.4 Å². The number of carbonyl (C=O) groups excluding carboxylic acids is 1. The number of nitrogens with two attached hydrogens (primary N) is 1.